The Morgan fingerprint density at radius 1 is 0.794 bits per heavy atom. The third-order valence-corrected chi connectivity index (χ3v) is 6.57. The number of fused-ring (bicyclic) bond motifs is 2. The van der Waals surface area contributed by atoms with Crippen LogP contribution in [0.4, 0.5) is 4.79 Å². The van der Waals surface area contributed by atoms with Crippen LogP contribution in [-0.4, -0.2) is 45.4 Å². The van der Waals surface area contributed by atoms with Crippen molar-refractivity contribution in [2.75, 3.05) is 6.54 Å². The van der Waals surface area contributed by atoms with E-state index in [2.05, 4.69) is 0 Å². The van der Waals surface area contributed by atoms with Crippen LogP contribution in [0.1, 0.15) is 29.5 Å². The first-order chi connectivity index (χ1) is 16.7. The third-order valence-electron chi connectivity index (χ3n) is 6.57. The summed E-state index contributed by atoms with van der Waals surface area (Å²) in [5.74, 6) is -0.00980. The van der Waals surface area contributed by atoms with Crippen molar-refractivity contribution >= 4 is 11.9 Å². The summed E-state index contributed by atoms with van der Waals surface area (Å²) in [6.45, 7) is 1.87. The first-order valence-electron chi connectivity index (χ1n) is 11.8. The van der Waals surface area contributed by atoms with Crippen molar-refractivity contribution in [3.05, 3.63) is 108 Å². The smallest absolute Gasteiger partial charge is 0.332 e. The standard InChI is InChI=1S/C28H29N3O3/c32-27(29(18-22-10-4-1-5-11-22)19-23-12-6-2-7-13-23)26-17-16-25-20-30(26)28(33)31(25)34-21-24-14-8-3-9-15-24/h1-15,25-26H,16-21H2/t25?,26-/m0/s1. The molecule has 2 atom stereocenters. The highest BCUT2D eigenvalue weighted by molar-refractivity contribution is 5.88. The Kier molecular flexibility index (Phi) is 6.58. The maximum Gasteiger partial charge on any atom is 0.345 e. The lowest BCUT2D eigenvalue weighted by Crippen LogP contribution is -2.50. The number of hydrogen-bond acceptors (Lipinski definition) is 3. The van der Waals surface area contributed by atoms with Gasteiger partial charge in [-0.1, -0.05) is 91.0 Å². The molecule has 34 heavy (non-hydrogen) atoms. The SMILES string of the molecule is O=C([C@@H]1CCC2CN1C(=O)N2OCc1ccccc1)N(Cc1ccccc1)Cc1ccccc1. The lowest BCUT2D eigenvalue weighted by Gasteiger charge is -2.34. The monoisotopic (exact) mass is 455 g/mol. The molecule has 0 N–H and O–H groups in total. The second-order valence-corrected chi connectivity index (χ2v) is 8.93. The number of carbonyl (C=O) groups excluding carboxylic acids is 2. The average molecular weight is 456 g/mol. The number of piperidine rings is 1. The van der Waals surface area contributed by atoms with E-state index < -0.39 is 6.04 Å². The van der Waals surface area contributed by atoms with Crippen LogP contribution in [0.3, 0.4) is 0 Å². The van der Waals surface area contributed by atoms with Crippen LogP contribution in [-0.2, 0) is 29.3 Å². The fraction of sp³-hybridized carbons (Fsp3) is 0.286. The molecular formula is C28H29N3O3. The Bertz CT molecular complexity index is 1070. The van der Waals surface area contributed by atoms with Crippen molar-refractivity contribution < 1.29 is 14.4 Å². The van der Waals surface area contributed by atoms with E-state index in [1.165, 1.54) is 5.06 Å². The molecule has 0 radical (unpaired) electrons. The minimum absolute atomic E-state index is 0.00980. The molecule has 2 heterocycles. The fourth-order valence-electron chi connectivity index (χ4n) is 4.80. The van der Waals surface area contributed by atoms with E-state index in [4.69, 9.17) is 4.84 Å². The van der Waals surface area contributed by atoms with Crippen molar-refractivity contribution in [1.29, 1.82) is 0 Å². The first kappa shape index (κ1) is 22.2. The summed E-state index contributed by atoms with van der Waals surface area (Å²) in [4.78, 5) is 36.5. The van der Waals surface area contributed by atoms with Crippen molar-refractivity contribution in [2.45, 2.75) is 44.6 Å². The summed E-state index contributed by atoms with van der Waals surface area (Å²) < 4.78 is 0. The zero-order valence-electron chi connectivity index (χ0n) is 19.1. The molecular weight excluding hydrogens is 426 g/mol. The number of carbonyl (C=O) groups is 2. The van der Waals surface area contributed by atoms with Crippen molar-refractivity contribution in [3.63, 3.8) is 0 Å². The van der Waals surface area contributed by atoms with Gasteiger partial charge in [0.1, 0.15) is 12.6 Å². The zero-order chi connectivity index (χ0) is 23.3. The number of amides is 3. The van der Waals surface area contributed by atoms with Gasteiger partial charge in [0.25, 0.3) is 0 Å². The van der Waals surface area contributed by atoms with Crippen LogP contribution in [0.15, 0.2) is 91.0 Å². The lowest BCUT2D eigenvalue weighted by atomic mass is 9.99. The summed E-state index contributed by atoms with van der Waals surface area (Å²) in [5.41, 5.74) is 3.15. The fourth-order valence-corrected chi connectivity index (χ4v) is 4.80. The second kappa shape index (κ2) is 10.1. The first-order valence-corrected chi connectivity index (χ1v) is 11.8. The van der Waals surface area contributed by atoms with Crippen LogP contribution < -0.4 is 0 Å². The van der Waals surface area contributed by atoms with Crippen LogP contribution >= 0.6 is 0 Å². The topological polar surface area (TPSA) is 53.1 Å². The molecule has 0 saturated carbocycles. The normalized spacial score (nSPS) is 19.4. The summed E-state index contributed by atoms with van der Waals surface area (Å²) in [6, 6.07) is 29.1. The van der Waals surface area contributed by atoms with E-state index in [0.717, 1.165) is 23.1 Å². The number of hydrogen-bond donors (Lipinski definition) is 0. The van der Waals surface area contributed by atoms with Gasteiger partial charge in [0.05, 0.1) is 6.04 Å². The molecule has 2 aliphatic heterocycles. The molecule has 6 heteroatoms. The van der Waals surface area contributed by atoms with Crippen LogP contribution in [0.25, 0.3) is 0 Å². The predicted molar refractivity (Wildman–Crippen MR) is 129 cm³/mol. The van der Waals surface area contributed by atoms with E-state index >= 15 is 0 Å². The van der Waals surface area contributed by atoms with Crippen LogP contribution in [0.2, 0.25) is 0 Å². The van der Waals surface area contributed by atoms with Crippen LogP contribution in [0.5, 0.6) is 0 Å². The van der Waals surface area contributed by atoms with E-state index in [0.29, 0.717) is 32.7 Å². The largest absolute Gasteiger partial charge is 0.345 e. The zero-order valence-corrected chi connectivity index (χ0v) is 19.1. The van der Waals surface area contributed by atoms with Gasteiger partial charge in [0.2, 0.25) is 5.91 Å². The molecule has 2 aliphatic rings. The Morgan fingerprint density at radius 3 is 1.88 bits per heavy atom. The molecule has 3 aromatic carbocycles. The molecule has 5 rings (SSSR count). The molecule has 174 valence electrons. The van der Waals surface area contributed by atoms with E-state index in [1.807, 2.05) is 95.9 Å². The van der Waals surface area contributed by atoms with Gasteiger partial charge in [0, 0.05) is 19.6 Å². The molecule has 6 nitrogen and oxygen atoms in total. The third kappa shape index (κ3) is 4.82. The highest BCUT2D eigenvalue weighted by Crippen LogP contribution is 2.32. The van der Waals surface area contributed by atoms with Gasteiger partial charge < -0.3 is 9.80 Å². The Morgan fingerprint density at radius 2 is 1.32 bits per heavy atom. The van der Waals surface area contributed by atoms with Gasteiger partial charge in [-0.25, -0.2) is 4.79 Å². The molecule has 2 fully saturated rings. The number of hydroxylamine groups is 2. The summed E-state index contributed by atoms with van der Waals surface area (Å²) in [5, 5.41) is 1.49. The predicted octanol–water partition coefficient (Wildman–Crippen LogP) is 4.62. The van der Waals surface area contributed by atoms with E-state index in [1.54, 1.807) is 4.90 Å². The van der Waals surface area contributed by atoms with Gasteiger partial charge >= 0.3 is 6.03 Å². The van der Waals surface area contributed by atoms with Gasteiger partial charge in [-0.05, 0) is 29.5 Å². The molecule has 0 aromatic heterocycles. The maximum absolute atomic E-state index is 13.8. The quantitative estimate of drug-likeness (QED) is 0.498. The van der Waals surface area contributed by atoms with Gasteiger partial charge in [-0.15, -0.1) is 0 Å². The Labute approximate surface area is 200 Å². The number of benzene rings is 3. The summed E-state index contributed by atoms with van der Waals surface area (Å²) in [6.07, 6.45) is 1.39. The average Bonchev–Trinajstić information content (AvgIpc) is 3.13. The van der Waals surface area contributed by atoms with Crippen molar-refractivity contribution in [1.82, 2.24) is 14.9 Å². The van der Waals surface area contributed by atoms with Crippen molar-refractivity contribution in [3.8, 4) is 0 Å². The minimum Gasteiger partial charge on any atom is -0.332 e. The van der Waals surface area contributed by atoms with Crippen LogP contribution in [0, 0.1) is 0 Å². The highest BCUT2D eigenvalue weighted by Gasteiger charge is 2.48. The molecule has 0 spiro atoms. The number of nitrogens with zero attached hydrogens (tertiary/aromatic N) is 3. The molecule has 3 amide bonds. The number of rotatable bonds is 8. The Hall–Kier alpha value is -3.64. The lowest BCUT2D eigenvalue weighted by molar-refractivity contribution is -0.141. The molecule has 2 saturated heterocycles. The second-order valence-electron chi connectivity index (χ2n) is 8.93. The summed E-state index contributed by atoms with van der Waals surface area (Å²) >= 11 is 0. The number of urea groups is 1. The van der Waals surface area contributed by atoms with E-state index in [-0.39, 0.29) is 18.0 Å². The van der Waals surface area contributed by atoms with Gasteiger partial charge in [-0.3, -0.25) is 9.63 Å². The van der Waals surface area contributed by atoms with Gasteiger partial charge in [-0.2, -0.15) is 5.06 Å². The summed E-state index contributed by atoms with van der Waals surface area (Å²) in [7, 11) is 0. The Balaban J connectivity index is 1.31. The van der Waals surface area contributed by atoms with E-state index in [9.17, 15) is 9.59 Å². The molecule has 0 aliphatic carbocycles. The van der Waals surface area contributed by atoms with Gasteiger partial charge in [0.15, 0.2) is 0 Å². The molecule has 3 aromatic rings. The molecule has 2 bridgehead atoms. The minimum atomic E-state index is -0.471. The molecule has 1 unspecified atom stereocenters. The highest BCUT2D eigenvalue weighted by atomic mass is 16.7. The maximum atomic E-state index is 13.8. The van der Waals surface area contributed by atoms with Crippen molar-refractivity contribution in [2.24, 2.45) is 0 Å².